The van der Waals surface area contributed by atoms with Crippen LogP contribution in [0.3, 0.4) is 0 Å². The predicted molar refractivity (Wildman–Crippen MR) is 64.2 cm³/mol. The maximum atomic E-state index is 4.62. The van der Waals surface area contributed by atoms with E-state index in [4.69, 9.17) is 0 Å². The van der Waals surface area contributed by atoms with Crippen LogP contribution < -0.4 is 0 Å². The summed E-state index contributed by atoms with van der Waals surface area (Å²) in [6, 6.07) is 8.35. The summed E-state index contributed by atoms with van der Waals surface area (Å²) in [5.41, 5.74) is 2.39. The number of halogens is 1. The van der Waals surface area contributed by atoms with Gasteiger partial charge >= 0.3 is 0 Å². The Morgan fingerprint density at radius 1 is 1.21 bits per heavy atom. The first-order valence-electron chi connectivity index (χ1n) is 4.69. The van der Waals surface area contributed by atoms with E-state index in [1.807, 2.05) is 6.07 Å². The van der Waals surface area contributed by atoms with Gasteiger partial charge in [-0.2, -0.15) is 0 Å². The Bertz CT molecular complexity index is 477. The average molecular weight is 299 g/mol. The molecule has 0 spiro atoms. The van der Waals surface area contributed by atoms with Gasteiger partial charge in [0.2, 0.25) is 0 Å². The van der Waals surface area contributed by atoms with Gasteiger partial charge < -0.3 is 4.57 Å². The van der Waals surface area contributed by atoms with Crippen LogP contribution in [0, 0.1) is 0 Å². The SMILES string of the molecule is IN1CCn2c(nc3ccccc32)C1. The van der Waals surface area contributed by atoms with Crippen molar-refractivity contribution in [1.82, 2.24) is 12.7 Å². The van der Waals surface area contributed by atoms with Crippen LogP contribution in [0.15, 0.2) is 24.3 Å². The molecule has 1 aromatic carbocycles. The summed E-state index contributed by atoms with van der Waals surface area (Å²) >= 11 is 2.36. The Hall–Kier alpha value is -0.620. The van der Waals surface area contributed by atoms with Crippen LogP contribution >= 0.6 is 22.9 Å². The predicted octanol–water partition coefficient (Wildman–Crippen LogP) is 2.20. The lowest BCUT2D eigenvalue weighted by Gasteiger charge is -2.21. The summed E-state index contributed by atoms with van der Waals surface area (Å²) in [6.07, 6.45) is 0. The largest absolute Gasteiger partial charge is 0.326 e. The van der Waals surface area contributed by atoms with E-state index < -0.39 is 0 Å². The second kappa shape index (κ2) is 3.20. The Morgan fingerprint density at radius 3 is 3.00 bits per heavy atom. The van der Waals surface area contributed by atoms with Gasteiger partial charge in [-0.1, -0.05) is 12.1 Å². The smallest absolute Gasteiger partial charge is 0.124 e. The molecule has 72 valence electrons. The molecule has 0 amide bonds. The normalized spacial score (nSPS) is 17.2. The third kappa shape index (κ3) is 1.25. The summed E-state index contributed by atoms with van der Waals surface area (Å²) in [7, 11) is 0. The monoisotopic (exact) mass is 299 g/mol. The summed E-state index contributed by atoms with van der Waals surface area (Å²) in [4.78, 5) is 4.62. The number of hydrogen-bond acceptors (Lipinski definition) is 2. The number of hydrogen-bond donors (Lipinski definition) is 0. The van der Waals surface area contributed by atoms with Crippen molar-refractivity contribution in [3.8, 4) is 0 Å². The molecule has 0 aliphatic carbocycles. The summed E-state index contributed by atoms with van der Waals surface area (Å²) in [5, 5.41) is 0. The van der Waals surface area contributed by atoms with Crippen molar-refractivity contribution in [2.45, 2.75) is 13.1 Å². The second-order valence-electron chi connectivity index (χ2n) is 3.51. The van der Waals surface area contributed by atoms with Crippen LogP contribution in [0.1, 0.15) is 5.82 Å². The molecule has 0 unspecified atom stereocenters. The molecule has 3 rings (SSSR count). The van der Waals surface area contributed by atoms with Gasteiger partial charge in [0.25, 0.3) is 0 Å². The number of fused-ring (bicyclic) bond motifs is 3. The van der Waals surface area contributed by atoms with Gasteiger partial charge in [0.15, 0.2) is 0 Å². The molecule has 0 saturated heterocycles. The summed E-state index contributed by atoms with van der Waals surface area (Å²) < 4.78 is 4.60. The van der Waals surface area contributed by atoms with E-state index in [-0.39, 0.29) is 0 Å². The van der Waals surface area contributed by atoms with Crippen LogP contribution in [0.5, 0.6) is 0 Å². The van der Waals surface area contributed by atoms with Crippen molar-refractivity contribution < 1.29 is 0 Å². The van der Waals surface area contributed by atoms with E-state index in [2.05, 4.69) is 53.7 Å². The van der Waals surface area contributed by atoms with E-state index in [1.54, 1.807) is 0 Å². The number of benzene rings is 1. The van der Waals surface area contributed by atoms with E-state index in [0.717, 1.165) is 25.2 Å². The molecular weight excluding hydrogens is 289 g/mol. The zero-order chi connectivity index (χ0) is 9.54. The van der Waals surface area contributed by atoms with E-state index in [1.165, 1.54) is 11.3 Å². The van der Waals surface area contributed by atoms with Crippen LogP contribution in [0.2, 0.25) is 0 Å². The average Bonchev–Trinajstić information content (AvgIpc) is 2.54. The lowest BCUT2D eigenvalue weighted by molar-refractivity contribution is 0.400. The number of rotatable bonds is 0. The zero-order valence-electron chi connectivity index (χ0n) is 7.65. The van der Waals surface area contributed by atoms with Gasteiger partial charge in [-0.05, 0) is 12.1 Å². The molecule has 2 aromatic rings. The molecule has 2 heterocycles. The second-order valence-corrected chi connectivity index (χ2v) is 4.88. The van der Waals surface area contributed by atoms with Gasteiger partial charge in [-0.25, -0.2) is 8.10 Å². The minimum atomic E-state index is 0.954. The summed E-state index contributed by atoms with van der Waals surface area (Å²) in [5.74, 6) is 1.19. The fourth-order valence-electron chi connectivity index (χ4n) is 1.94. The van der Waals surface area contributed by atoms with Crippen LogP contribution in [-0.4, -0.2) is 19.2 Å². The zero-order valence-corrected chi connectivity index (χ0v) is 9.81. The Labute approximate surface area is 96.2 Å². The van der Waals surface area contributed by atoms with Crippen molar-refractivity contribution >= 4 is 33.9 Å². The quantitative estimate of drug-likeness (QED) is 0.549. The minimum absolute atomic E-state index is 0.954. The molecule has 1 aliphatic rings. The number of imidazole rings is 1. The highest BCUT2D eigenvalue weighted by molar-refractivity contribution is 14.1. The lowest BCUT2D eigenvalue weighted by atomic mass is 10.3. The van der Waals surface area contributed by atoms with Gasteiger partial charge in [-0.15, -0.1) is 0 Å². The van der Waals surface area contributed by atoms with Crippen LogP contribution in [0.4, 0.5) is 0 Å². The summed E-state index contributed by atoms with van der Waals surface area (Å²) in [6.45, 7) is 3.11. The van der Waals surface area contributed by atoms with Crippen LogP contribution in [-0.2, 0) is 13.1 Å². The minimum Gasteiger partial charge on any atom is -0.326 e. The standard InChI is InChI=1S/C10H10IN3/c11-13-5-6-14-9-4-2-1-3-8(9)12-10(14)7-13/h1-4H,5-7H2. The lowest BCUT2D eigenvalue weighted by Crippen LogP contribution is -2.26. The van der Waals surface area contributed by atoms with Crippen molar-refractivity contribution in [3.05, 3.63) is 30.1 Å². The van der Waals surface area contributed by atoms with Crippen molar-refractivity contribution in [2.75, 3.05) is 6.54 Å². The number of aromatic nitrogens is 2. The Balaban J connectivity index is 2.24. The van der Waals surface area contributed by atoms with E-state index >= 15 is 0 Å². The molecule has 1 aliphatic heterocycles. The number of para-hydroxylation sites is 2. The van der Waals surface area contributed by atoms with E-state index in [9.17, 15) is 0 Å². The highest BCUT2D eigenvalue weighted by Gasteiger charge is 2.17. The van der Waals surface area contributed by atoms with Crippen molar-refractivity contribution in [3.63, 3.8) is 0 Å². The first-order chi connectivity index (χ1) is 6.84. The van der Waals surface area contributed by atoms with Gasteiger partial charge in [0.05, 0.1) is 17.6 Å². The van der Waals surface area contributed by atoms with E-state index in [0.29, 0.717) is 0 Å². The maximum absolute atomic E-state index is 4.62. The molecule has 0 N–H and O–H groups in total. The first kappa shape index (κ1) is 8.67. The van der Waals surface area contributed by atoms with Crippen molar-refractivity contribution in [2.24, 2.45) is 0 Å². The highest BCUT2D eigenvalue weighted by atomic mass is 127. The fraction of sp³-hybridized carbons (Fsp3) is 0.300. The molecule has 0 bridgehead atoms. The molecular formula is C10H10IN3. The Kier molecular flexibility index (Phi) is 1.98. The molecule has 3 nitrogen and oxygen atoms in total. The van der Waals surface area contributed by atoms with Gasteiger partial charge in [0.1, 0.15) is 5.82 Å². The molecule has 0 radical (unpaired) electrons. The van der Waals surface area contributed by atoms with Gasteiger partial charge in [-0.3, -0.25) is 0 Å². The highest BCUT2D eigenvalue weighted by Crippen LogP contribution is 2.21. The van der Waals surface area contributed by atoms with Crippen molar-refractivity contribution in [1.29, 1.82) is 0 Å². The molecule has 0 atom stereocenters. The Morgan fingerprint density at radius 2 is 2.07 bits per heavy atom. The van der Waals surface area contributed by atoms with Crippen LogP contribution in [0.25, 0.3) is 11.0 Å². The maximum Gasteiger partial charge on any atom is 0.124 e. The third-order valence-corrected chi connectivity index (χ3v) is 3.44. The fourth-order valence-corrected chi connectivity index (χ4v) is 2.46. The molecule has 4 heteroatoms. The molecule has 14 heavy (non-hydrogen) atoms. The molecule has 0 saturated carbocycles. The molecule has 1 aromatic heterocycles. The first-order valence-corrected chi connectivity index (χ1v) is 5.66. The molecule has 0 fully saturated rings. The van der Waals surface area contributed by atoms with Gasteiger partial charge in [0, 0.05) is 36.0 Å². The number of nitrogens with zero attached hydrogens (tertiary/aromatic N) is 3. The third-order valence-electron chi connectivity index (χ3n) is 2.61. The topological polar surface area (TPSA) is 21.1 Å².